The van der Waals surface area contributed by atoms with Crippen LogP contribution in [0.2, 0.25) is 0 Å². The molecule has 1 N–H and O–H groups in total. The highest BCUT2D eigenvalue weighted by molar-refractivity contribution is 5.93. The maximum atomic E-state index is 12.5. The van der Waals surface area contributed by atoms with Gasteiger partial charge < -0.3 is 19.3 Å². The monoisotopic (exact) mass is 392 g/mol. The van der Waals surface area contributed by atoms with E-state index in [9.17, 15) is 9.90 Å². The molecule has 29 heavy (non-hydrogen) atoms. The zero-order valence-electron chi connectivity index (χ0n) is 16.3. The minimum atomic E-state index is -0.496. The van der Waals surface area contributed by atoms with Gasteiger partial charge >= 0.3 is 5.97 Å². The van der Waals surface area contributed by atoms with Crippen LogP contribution in [0.5, 0.6) is 11.5 Å². The summed E-state index contributed by atoms with van der Waals surface area (Å²) >= 11 is 0. The second kappa shape index (κ2) is 10.3. The number of esters is 1. The Morgan fingerprint density at radius 3 is 1.90 bits per heavy atom. The molecule has 0 radical (unpaired) electrons. The van der Waals surface area contributed by atoms with Crippen LogP contribution in [0.25, 0.3) is 0 Å². The average molecular weight is 392 g/mol. The van der Waals surface area contributed by atoms with Crippen molar-refractivity contribution in [1.82, 2.24) is 0 Å². The minimum Gasteiger partial charge on any atom is -0.489 e. The summed E-state index contributed by atoms with van der Waals surface area (Å²) in [5, 5.41) is 9.81. The van der Waals surface area contributed by atoms with Crippen LogP contribution in [0.4, 0.5) is 0 Å². The molecule has 0 aliphatic carbocycles. The number of carbonyl (C=O) groups is 1. The Kier molecular flexibility index (Phi) is 7.25. The first kappa shape index (κ1) is 20.4. The van der Waals surface area contributed by atoms with Crippen molar-refractivity contribution < 1.29 is 24.1 Å². The number of carbonyl (C=O) groups excluding carboxylic acids is 1. The molecular formula is C24H24O5. The Labute approximate surface area is 170 Å². The molecule has 3 aromatic carbocycles. The molecule has 0 bridgehead atoms. The van der Waals surface area contributed by atoms with Gasteiger partial charge in [-0.05, 0) is 30.2 Å². The molecule has 0 aromatic heterocycles. The van der Waals surface area contributed by atoms with E-state index in [0.29, 0.717) is 30.3 Å². The minimum absolute atomic E-state index is 0.241. The summed E-state index contributed by atoms with van der Waals surface area (Å²) in [6, 6.07) is 22.5. The molecule has 0 unspecified atom stereocenters. The number of aliphatic hydroxyl groups is 1. The lowest BCUT2D eigenvalue weighted by Crippen LogP contribution is -2.10. The van der Waals surface area contributed by atoms with Crippen molar-refractivity contribution in [3.63, 3.8) is 0 Å². The van der Waals surface area contributed by atoms with E-state index in [0.717, 1.165) is 11.1 Å². The highest BCUT2D eigenvalue weighted by atomic mass is 16.5. The lowest BCUT2D eigenvalue weighted by atomic mass is 10.1. The van der Waals surface area contributed by atoms with Gasteiger partial charge in [-0.1, -0.05) is 60.7 Å². The SMILES string of the molecule is CCOC(=O)c1cc(OCc2ccccc2)c(CO)cc1OCc1ccccc1. The third kappa shape index (κ3) is 5.59. The standard InChI is InChI=1S/C24H24O5/c1-2-27-24(26)21-14-22(28-16-18-9-5-3-6-10-18)20(15-25)13-23(21)29-17-19-11-7-4-8-12-19/h3-14,25H,2,15-17H2,1H3. The quantitative estimate of drug-likeness (QED) is 0.543. The third-order valence-corrected chi connectivity index (χ3v) is 4.30. The molecule has 0 aliphatic heterocycles. The first-order valence-electron chi connectivity index (χ1n) is 9.49. The Morgan fingerprint density at radius 2 is 1.38 bits per heavy atom. The zero-order chi connectivity index (χ0) is 20.5. The van der Waals surface area contributed by atoms with Crippen LogP contribution < -0.4 is 9.47 Å². The van der Waals surface area contributed by atoms with Crippen molar-refractivity contribution in [2.45, 2.75) is 26.7 Å². The van der Waals surface area contributed by atoms with Crippen molar-refractivity contribution in [3.8, 4) is 11.5 Å². The van der Waals surface area contributed by atoms with E-state index in [4.69, 9.17) is 14.2 Å². The van der Waals surface area contributed by atoms with Gasteiger partial charge in [0.2, 0.25) is 0 Å². The average Bonchev–Trinajstić information content (AvgIpc) is 2.77. The van der Waals surface area contributed by atoms with Crippen LogP contribution in [-0.2, 0) is 24.6 Å². The van der Waals surface area contributed by atoms with Gasteiger partial charge in [0, 0.05) is 5.56 Å². The summed E-state index contributed by atoms with van der Waals surface area (Å²) in [4.78, 5) is 12.5. The molecule has 0 heterocycles. The molecule has 0 saturated heterocycles. The van der Waals surface area contributed by atoms with Gasteiger partial charge in [-0.15, -0.1) is 0 Å². The van der Waals surface area contributed by atoms with Gasteiger partial charge in [0.25, 0.3) is 0 Å². The topological polar surface area (TPSA) is 65.0 Å². The van der Waals surface area contributed by atoms with Gasteiger partial charge in [0.15, 0.2) is 0 Å². The Bertz CT molecular complexity index is 923. The van der Waals surface area contributed by atoms with Gasteiger partial charge in [-0.25, -0.2) is 4.79 Å². The largest absolute Gasteiger partial charge is 0.489 e. The smallest absolute Gasteiger partial charge is 0.342 e. The maximum absolute atomic E-state index is 12.5. The van der Waals surface area contributed by atoms with Crippen molar-refractivity contribution in [2.75, 3.05) is 6.61 Å². The van der Waals surface area contributed by atoms with Crippen molar-refractivity contribution in [3.05, 3.63) is 95.1 Å². The second-order valence-electron chi connectivity index (χ2n) is 6.38. The number of benzene rings is 3. The number of ether oxygens (including phenoxy) is 3. The Hall–Kier alpha value is -3.31. The predicted molar refractivity (Wildman–Crippen MR) is 110 cm³/mol. The summed E-state index contributed by atoms with van der Waals surface area (Å²) in [7, 11) is 0. The van der Waals surface area contributed by atoms with E-state index in [1.807, 2.05) is 60.7 Å². The van der Waals surface area contributed by atoms with E-state index in [-0.39, 0.29) is 18.8 Å². The lowest BCUT2D eigenvalue weighted by molar-refractivity contribution is 0.0520. The van der Waals surface area contributed by atoms with Crippen LogP contribution >= 0.6 is 0 Å². The summed E-state index contributed by atoms with van der Waals surface area (Å²) in [6.07, 6.45) is 0. The molecule has 3 rings (SSSR count). The van der Waals surface area contributed by atoms with Crippen LogP contribution in [0, 0.1) is 0 Å². The molecule has 5 heteroatoms. The molecule has 0 spiro atoms. The van der Waals surface area contributed by atoms with Crippen molar-refractivity contribution >= 4 is 5.97 Å². The number of rotatable bonds is 9. The van der Waals surface area contributed by atoms with Crippen molar-refractivity contribution in [1.29, 1.82) is 0 Å². The van der Waals surface area contributed by atoms with Crippen LogP contribution in [0.15, 0.2) is 72.8 Å². The van der Waals surface area contributed by atoms with Gasteiger partial charge in [0.05, 0.1) is 13.2 Å². The first-order valence-corrected chi connectivity index (χ1v) is 9.49. The zero-order valence-corrected chi connectivity index (χ0v) is 16.3. The molecular weight excluding hydrogens is 368 g/mol. The number of hydrogen-bond acceptors (Lipinski definition) is 5. The highest BCUT2D eigenvalue weighted by Gasteiger charge is 2.19. The van der Waals surface area contributed by atoms with Crippen LogP contribution in [0.3, 0.4) is 0 Å². The fourth-order valence-corrected chi connectivity index (χ4v) is 2.82. The van der Waals surface area contributed by atoms with Crippen LogP contribution in [-0.4, -0.2) is 17.7 Å². The Morgan fingerprint density at radius 1 is 0.828 bits per heavy atom. The summed E-state index contributed by atoms with van der Waals surface area (Å²) in [5.74, 6) is 0.277. The predicted octanol–water partition coefficient (Wildman–Crippen LogP) is 4.51. The molecule has 150 valence electrons. The molecule has 3 aromatic rings. The fraction of sp³-hybridized carbons (Fsp3) is 0.208. The lowest BCUT2D eigenvalue weighted by Gasteiger charge is -2.16. The molecule has 0 fully saturated rings. The van der Waals surface area contributed by atoms with Gasteiger partial charge in [0.1, 0.15) is 30.3 Å². The van der Waals surface area contributed by atoms with E-state index < -0.39 is 5.97 Å². The summed E-state index contributed by atoms with van der Waals surface area (Å²) in [6.45, 7) is 2.37. The van der Waals surface area contributed by atoms with Crippen molar-refractivity contribution in [2.24, 2.45) is 0 Å². The number of aliphatic hydroxyl groups excluding tert-OH is 1. The third-order valence-electron chi connectivity index (χ3n) is 4.30. The summed E-state index contributed by atoms with van der Waals surface area (Å²) in [5.41, 5.74) is 2.76. The van der Waals surface area contributed by atoms with E-state index in [1.54, 1.807) is 19.1 Å². The Balaban J connectivity index is 1.86. The van der Waals surface area contributed by atoms with Gasteiger partial charge in [-0.3, -0.25) is 0 Å². The first-order chi connectivity index (χ1) is 14.2. The second-order valence-corrected chi connectivity index (χ2v) is 6.38. The molecule has 0 amide bonds. The fourth-order valence-electron chi connectivity index (χ4n) is 2.82. The molecule has 5 nitrogen and oxygen atoms in total. The normalized spacial score (nSPS) is 10.4. The van der Waals surface area contributed by atoms with E-state index >= 15 is 0 Å². The van der Waals surface area contributed by atoms with Gasteiger partial charge in [-0.2, -0.15) is 0 Å². The van der Waals surface area contributed by atoms with E-state index in [2.05, 4.69) is 0 Å². The van der Waals surface area contributed by atoms with E-state index in [1.165, 1.54) is 0 Å². The highest BCUT2D eigenvalue weighted by Crippen LogP contribution is 2.31. The molecule has 0 atom stereocenters. The number of hydrogen-bond donors (Lipinski definition) is 1. The summed E-state index contributed by atoms with van der Waals surface area (Å²) < 4.78 is 16.9. The molecule has 0 saturated carbocycles. The van der Waals surface area contributed by atoms with Crippen LogP contribution in [0.1, 0.15) is 34.0 Å². The molecule has 0 aliphatic rings. The maximum Gasteiger partial charge on any atom is 0.342 e.